The molecule has 134 valence electrons. The molecule has 0 atom stereocenters. The molecule has 0 fully saturated rings. The molecule has 0 spiro atoms. The molecule has 3 aromatic rings. The third-order valence-electron chi connectivity index (χ3n) is 3.86. The van der Waals surface area contributed by atoms with Crippen molar-refractivity contribution in [1.82, 2.24) is 14.8 Å². The van der Waals surface area contributed by atoms with Gasteiger partial charge in [0, 0.05) is 11.4 Å². The van der Waals surface area contributed by atoms with Gasteiger partial charge in [-0.15, -0.1) is 10.2 Å². The predicted molar refractivity (Wildman–Crippen MR) is 101 cm³/mol. The van der Waals surface area contributed by atoms with Crippen LogP contribution in [0.3, 0.4) is 0 Å². The highest BCUT2D eigenvalue weighted by Crippen LogP contribution is 2.22. The molecule has 7 heteroatoms. The lowest BCUT2D eigenvalue weighted by Gasteiger charge is -2.09. The first-order valence-corrected chi connectivity index (χ1v) is 9.25. The number of aromatic nitrogens is 3. The van der Waals surface area contributed by atoms with E-state index >= 15 is 0 Å². The van der Waals surface area contributed by atoms with Crippen molar-refractivity contribution in [2.75, 3.05) is 11.1 Å². The fraction of sp³-hybridized carbons (Fsp3) is 0.211. The Labute approximate surface area is 155 Å². The normalized spacial score (nSPS) is 10.7. The number of anilines is 1. The van der Waals surface area contributed by atoms with E-state index in [1.165, 1.54) is 29.5 Å². The van der Waals surface area contributed by atoms with Crippen LogP contribution in [0.2, 0.25) is 0 Å². The van der Waals surface area contributed by atoms with Crippen LogP contribution in [0.15, 0.2) is 53.7 Å². The Morgan fingerprint density at radius 2 is 1.81 bits per heavy atom. The quantitative estimate of drug-likeness (QED) is 0.666. The van der Waals surface area contributed by atoms with E-state index in [0.717, 1.165) is 17.8 Å². The molecule has 1 aromatic heterocycles. The topological polar surface area (TPSA) is 59.8 Å². The minimum Gasteiger partial charge on any atom is -0.325 e. The van der Waals surface area contributed by atoms with Crippen LogP contribution >= 0.6 is 11.8 Å². The van der Waals surface area contributed by atoms with Crippen molar-refractivity contribution in [2.45, 2.75) is 25.4 Å². The van der Waals surface area contributed by atoms with Crippen molar-refractivity contribution in [3.05, 3.63) is 65.7 Å². The minimum absolute atomic E-state index is 0.120. The number of nitrogens with zero attached hydrogens (tertiary/aromatic N) is 3. The summed E-state index contributed by atoms with van der Waals surface area (Å²) in [5.41, 5.74) is 2.75. The van der Waals surface area contributed by atoms with Gasteiger partial charge in [0.05, 0.1) is 5.75 Å². The number of carbonyl (C=O) groups is 1. The molecular weight excluding hydrogens is 351 g/mol. The molecule has 1 N–H and O–H groups in total. The maximum atomic E-state index is 13.1. The van der Waals surface area contributed by atoms with Gasteiger partial charge < -0.3 is 5.32 Å². The summed E-state index contributed by atoms with van der Waals surface area (Å²) in [5, 5.41) is 11.6. The highest BCUT2D eigenvalue weighted by Gasteiger charge is 2.13. The van der Waals surface area contributed by atoms with Gasteiger partial charge in [-0.05, 0) is 55.3 Å². The van der Waals surface area contributed by atoms with E-state index in [1.54, 1.807) is 16.7 Å². The Morgan fingerprint density at radius 3 is 2.46 bits per heavy atom. The van der Waals surface area contributed by atoms with Gasteiger partial charge in [0.1, 0.15) is 11.6 Å². The van der Waals surface area contributed by atoms with Crippen molar-refractivity contribution in [2.24, 2.45) is 0 Å². The first-order chi connectivity index (χ1) is 12.6. The molecule has 1 amide bonds. The summed E-state index contributed by atoms with van der Waals surface area (Å²) in [7, 11) is 0. The van der Waals surface area contributed by atoms with E-state index in [4.69, 9.17) is 0 Å². The largest absolute Gasteiger partial charge is 0.325 e. The fourth-order valence-electron chi connectivity index (χ4n) is 2.47. The summed E-state index contributed by atoms with van der Waals surface area (Å²) in [6.45, 7) is 3.90. The van der Waals surface area contributed by atoms with E-state index < -0.39 is 0 Å². The van der Waals surface area contributed by atoms with Crippen LogP contribution < -0.4 is 5.32 Å². The number of nitrogens with one attached hydrogen (secondary N) is 1. The maximum absolute atomic E-state index is 13.1. The van der Waals surface area contributed by atoms with Crippen molar-refractivity contribution in [3.63, 3.8) is 0 Å². The fourth-order valence-corrected chi connectivity index (χ4v) is 3.27. The van der Waals surface area contributed by atoms with Gasteiger partial charge in [0.25, 0.3) is 0 Å². The molecule has 5 nitrogen and oxygen atoms in total. The number of amides is 1. The molecular formula is C19H19FN4OS. The molecule has 26 heavy (non-hydrogen) atoms. The SMILES string of the molecule is CCc1ccc(NC(=O)CSc2nnc(C)n2-c2ccc(F)cc2)cc1. The van der Waals surface area contributed by atoms with Gasteiger partial charge in [0.2, 0.25) is 5.91 Å². The van der Waals surface area contributed by atoms with Crippen molar-refractivity contribution >= 4 is 23.4 Å². The Balaban J connectivity index is 1.66. The third-order valence-corrected chi connectivity index (χ3v) is 4.79. The minimum atomic E-state index is -0.304. The summed E-state index contributed by atoms with van der Waals surface area (Å²) in [4.78, 5) is 12.2. The average molecular weight is 370 g/mol. The lowest BCUT2D eigenvalue weighted by atomic mass is 10.1. The van der Waals surface area contributed by atoms with E-state index in [1.807, 2.05) is 31.2 Å². The summed E-state index contributed by atoms with van der Waals surface area (Å²) in [5.74, 6) is 0.455. The summed E-state index contributed by atoms with van der Waals surface area (Å²) in [6.07, 6.45) is 0.961. The summed E-state index contributed by atoms with van der Waals surface area (Å²) < 4.78 is 14.9. The zero-order chi connectivity index (χ0) is 18.5. The van der Waals surface area contributed by atoms with Crippen LogP contribution in [0.1, 0.15) is 18.3 Å². The summed E-state index contributed by atoms with van der Waals surface area (Å²) in [6, 6.07) is 13.9. The Kier molecular flexibility index (Phi) is 5.68. The molecule has 3 rings (SSSR count). The van der Waals surface area contributed by atoms with Crippen molar-refractivity contribution in [3.8, 4) is 5.69 Å². The van der Waals surface area contributed by atoms with Crippen molar-refractivity contribution < 1.29 is 9.18 Å². The second-order valence-electron chi connectivity index (χ2n) is 5.73. The van der Waals surface area contributed by atoms with E-state index in [9.17, 15) is 9.18 Å². The van der Waals surface area contributed by atoms with Crippen LogP contribution in [0.4, 0.5) is 10.1 Å². The number of halogens is 1. The molecule has 0 aliphatic heterocycles. The molecule has 2 aromatic carbocycles. The molecule has 0 bridgehead atoms. The van der Waals surface area contributed by atoms with Crippen molar-refractivity contribution in [1.29, 1.82) is 0 Å². The van der Waals surface area contributed by atoms with Gasteiger partial charge in [-0.2, -0.15) is 0 Å². The number of benzene rings is 2. The zero-order valence-corrected chi connectivity index (χ0v) is 15.4. The van der Waals surface area contributed by atoms with Crippen LogP contribution in [-0.2, 0) is 11.2 Å². The Bertz CT molecular complexity index is 891. The molecule has 1 heterocycles. The number of aryl methyl sites for hydroxylation is 2. The number of rotatable bonds is 6. The molecule has 0 aliphatic carbocycles. The highest BCUT2D eigenvalue weighted by atomic mass is 32.2. The van der Waals surface area contributed by atoms with Gasteiger partial charge in [0.15, 0.2) is 5.16 Å². The Hall–Kier alpha value is -2.67. The summed E-state index contributed by atoms with van der Waals surface area (Å²) >= 11 is 1.29. The van der Waals surface area contributed by atoms with Gasteiger partial charge in [-0.25, -0.2) is 4.39 Å². The van der Waals surface area contributed by atoms with E-state index in [-0.39, 0.29) is 17.5 Å². The number of carbonyl (C=O) groups excluding carboxylic acids is 1. The lowest BCUT2D eigenvalue weighted by molar-refractivity contribution is -0.113. The van der Waals surface area contributed by atoms with Crippen LogP contribution in [0.25, 0.3) is 5.69 Å². The smallest absolute Gasteiger partial charge is 0.234 e. The van der Waals surface area contributed by atoms with Crippen LogP contribution in [-0.4, -0.2) is 26.4 Å². The lowest BCUT2D eigenvalue weighted by Crippen LogP contribution is -2.14. The van der Waals surface area contributed by atoms with Crippen LogP contribution in [0, 0.1) is 12.7 Å². The maximum Gasteiger partial charge on any atom is 0.234 e. The highest BCUT2D eigenvalue weighted by molar-refractivity contribution is 7.99. The molecule has 0 unspecified atom stereocenters. The van der Waals surface area contributed by atoms with Crippen LogP contribution in [0.5, 0.6) is 0 Å². The van der Waals surface area contributed by atoms with E-state index in [0.29, 0.717) is 11.0 Å². The second-order valence-corrected chi connectivity index (χ2v) is 6.67. The van der Waals surface area contributed by atoms with E-state index in [2.05, 4.69) is 22.4 Å². The Morgan fingerprint density at radius 1 is 1.12 bits per heavy atom. The number of hydrogen-bond acceptors (Lipinski definition) is 4. The van der Waals surface area contributed by atoms with Gasteiger partial charge in [-0.3, -0.25) is 9.36 Å². The standard InChI is InChI=1S/C19H19FN4OS/c1-3-14-4-8-16(9-5-14)21-18(25)12-26-19-23-22-13(2)24(19)17-10-6-15(20)7-11-17/h4-11H,3,12H2,1-2H3,(H,21,25). The zero-order valence-electron chi connectivity index (χ0n) is 14.6. The van der Waals surface area contributed by atoms with Gasteiger partial charge in [-0.1, -0.05) is 30.8 Å². The second kappa shape index (κ2) is 8.14. The monoisotopic (exact) mass is 370 g/mol. The van der Waals surface area contributed by atoms with Gasteiger partial charge >= 0.3 is 0 Å². The molecule has 0 saturated carbocycles. The predicted octanol–water partition coefficient (Wildman–Crippen LogP) is 4.01. The third kappa shape index (κ3) is 4.29. The molecule has 0 saturated heterocycles. The first kappa shape index (κ1) is 18.1. The first-order valence-electron chi connectivity index (χ1n) is 8.26. The molecule has 0 aliphatic rings. The molecule has 0 radical (unpaired) electrons. The average Bonchev–Trinajstić information content (AvgIpc) is 3.02. The number of thioether (sulfide) groups is 1. The number of hydrogen-bond donors (Lipinski definition) is 1.